The molecule has 7 heteroatoms. The molecule has 0 saturated heterocycles. The third-order valence-corrected chi connectivity index (χ3v) is 5.94. The number of nitrogens with two attached hydrogens (primary N) is 1. The van der Waals surface area contributed by atoms with Crippen LogP contribution in [-0.4, -0.2) is 17.1 Å². The van der Waals surface area contributed by atoms with Crippen molar-refractivity contribution in [2.75, 3.05) is 18.2 Å². The van der Waals surface area contributed by atoms with Gasteiger partial charge in [-0.1, -0.05) is 0 Å². The second-order valence-corrected chi connectivity index (χ2v) is 7.42. The predicted molar refractivity (Wildman–Crippen MR) is 102 cm³/mol. The zero-order valence-electron chi connectivity index (χ0n) is 13.3. The number of methoxy groups -OCH3 is 1. The average Bonchev–Trinajstić information content (AvgIpc) is 2.97. The van der Waals surface area contributed by atoms with Crippen molar-refractivity contribution >= 4 is 51.4 Å². The van der Waals surface area contributed by atoms with Crippen molar-refractivity contribution in [3.63, 3.8) is 0 Å². The van der Waals surface area contributed by atoms with Gasteiger partial charge in [-0.2, -0.15) is 0 Å². The van der Waals surface area contributed by atoms with Gasteiger partial charge in [0.1, 0.15) is 22.7 Å². The largest absolute Gasteiger partial charge is 0.494 e. The fourth-order valence-electron chi connectivity index (χ4n) is 3.16. The van der Waals surface area contributed by atoms with E-state index in [1.165, 1.54) is 23.3 Å². The first-order chi connectivity index (χ1) is 11.7. The van der Waals surface area contributed by atoms with Crippen LogP contribution in [0.1, 0.15) is 23.3 Å². The second-order valence-electron chi connectivity index (χ2n) is 5.85. The molecule has 2 aromatic heterocycles. The number of anilines is 3. The maximum absolute atomic E-state index is 5.92. The molecule has 3 aromatic rings. The van der Waals surface area contributed by atoms with Crippen LogP contribution in [0.5, 0.6) is 5.75 Å². The summed E-state index contributed by atoms with van der Waals surface area (Å²) >= 11 is 6.19. The van der Waals surface area contributed by atoms with E-state index >= 15 is 0 Å². The molecular weight excluding hydrogens is 340 g/mol. The van der Waals surface area contributed by atoms with E-state index in [2.05, 4.69) is 27.9 Å². The maximum atomic E-state index is 5.92. The van der Waals surface area contributed by atoms with Crippen molar-refractivity contribution in [3.8, 4) is 5.75 Å². The Kier molecular flexibility index (Phi) is 3.97. The Hall–Kier alpha value is -1.99. The fraction of sp³-hybridized carbons (Fsp3) is 0.294. The highest BCUT2D eigenvalue weighted by Crippen LogP contribution is 2.40. The molecule has 124 valence electrons. The number of nitrogen functional groups attached to an aromatic ring is 1. The number of aryl methyl sites for hydroxylation is 2. The highest BCUT2D eigenvalue weighted by Gasteiger charge is 2.20. The molecule has 0 amide bonds. The van der Waals surface area contributed by atoms with Crippen LogP contribution in [-0.2, 0) is 12.8 Å². The van der Waals surface area contributed by atoms with Gasteiger partial charge in [0, 0.05) is 21.5 Å². The van der Waals surface area contributed by atoms with Gasteiger partial charge in [-0.05, 0) is 37.3 Å². The number of nitrogens with one attached hydrogen (secondary N) is 1. The Morgan fingerprint density at radius 2 is 2.08 bits per heavy atom. The lowest BCUT2D eigenvalue weighted by Crippen LogP contribution is -2.02. The third-order valence-electron chi connectivity index (χ3n) is 4.35. The molecule has 24 heavy (non-hydrogen) atoms. The first-order valence-electron chi connectivity index (χ1n) is 7.86. The van der Waals surface area contributed by atoms with Gasteiger partial charge < -0.3 is 15.8 Å². The monoisotopic (exact) mass is 358 g/mol. The number of hydrogen-bond donors (Lipinski definition) is 3. The third kappa shape index (κ3) is 2.57. The van der Waals surface area contributed by atoms with Crippen LogP contribution in [0.3, 0.4) is 0 Å². The summed E-state index contributed by atoms with van der Waals surface area (Å²) in [6, 6.07) is 3.64. The molecule has 0 fully saturated rings. The van der Waals surface area contributed by atoms with E-state index in [4.69, 9.17) is 10.5 Å². The summed E-state index contributed by atoms with van der Waals surface area (Å²) in [4.78, 5) is 12.1. The zero-order chi connectivity index (χ0) is 16.7. The SMILES string of the molecule is COc1cc(N)c(S)cc1Nc1ncnc2sc3c(c12)CCCC3. The maximum Gasteiger partial charge on any atom is 0.144 e. The summed E-state index contributed by atoms with van der Waals surface area (Å²) in [5, 5.41) is 4.53. The van der Waals surface area contributed by atoms with E-state index in [-0.39, 0.29) is 0 Å². The van der Waals surface area contributed by atoms with Gasteiger partial charge in [0.15, 0.2) is 0 Å². The molecule has 0 atom stereocenters. The second kappa shape index (κ2) is 6.14. The van der Waals surface area contributed by atoms with E-state index in [0.717, 1.165) is 34.6 Å². The van der Waals surface area contributed by atoms with Crippen LogP contribution in [0.2, 0.25) is 0 Å². The predicted octanol–water partition coefficient (Wildman–Crippen LogP) is 4.19. The minimum atomic E-state index is 0.585. The van der Waals surface area contributed by atoms with Crippen LogP contribution >= 0.6 is 24.0 Å². The molecule has 0 unspecified atom stereocenters. The van der Waals surface area contributed by atoms with Gasteiger partial charge in [-0.3, -0.25) is 0 Å². The first kappa shape index (κ1) is 15.5. The highest BCUT2D eigenvalue weighted by molar-refractivity contribution is 7.80. The van der Waals surface area contributed by atoms with Gasteiger partial charge >= 0.3 is 0 Å². The number of thiophene rings is 1. The average molecular weight is 358 g/mol. The topological polar surface area (TPSA) is 73.1 Å². The molecule has 1 aromatic carbocycles. The number of fused-ring (bicyclic) bond motifs is 3. The van der Waals surface area contributed by atoms with Gasteiger partial charge in [0.05, 0.1) is 18.2 Å². The summed E-state index contributed by atoms with van der Waals surface area (Å²) in [7, 11) is 1.63. The Balaban J connectivity index is 1.83. The zero-order valence-corrected chi connectivity index (χ0v) is 15.0. The molecule has 1 aliphatic carbocycles. The number of rotatable bonds is 3. The molecule has 0 saturated carbocycles. The van der Waals surface area contributed by atoms with Gasteiger partial charge in [0.2, 0.25) is 0 Å². The molecule has 3 N–H and O–H groups in total. The molecule has 0 aliphatic heterocycles. The Morgan fingerprint density at radius 1 is 1.25 bits per heavy atom. The van der Waals surface area contributed by atoms with Crippen molar-refractivity contribution < 1.29 is 4.74 Å². The number of benzene rings is 1. The molecule has 0 radical (unpaired) electrons. The van der Waals surface area contributed by atoms with Crippen LogP contribution in [0.25, 0.3) is 10.2 Å². The van der Waals surface area contributed by atoms with E-state index in [1.807, 2.05) is 6.07 Å². The fourth-order valence-corrected chi connectivity index (χ4v) is 4.59. The summed E-state index contributed by atoms with van der Waals surface area (Å²) in [6.07, 6.45) is 6.32. The number of thiol groups is 1. The van der Waals surface area contributed by atoms with Crippen molar-refractivity contribution in [2.24, 2.45) is 0 Å². The van der Waals surface area contributed by atoms with E-state index < -0.39 is 0 Å². The smallest absolute Gasteiger partial charge is 0.144 e. The van der Waals surface area contributed by atoms with Crippen LogP contribution < -0.4 is 15.8 Å². The van der Waals surface area contributed by atoms with E-state index in [1.54, 1.807) is 30.8 Å². The number of hydrogen-bond acceptors (Lipinski definition) is 7. The summed E-state index contributed by atoms with van der Waals surface area (Å²) < 4.78 is 5.44. The Bertz CT molecular complexity index is 923. The number of ether oxygens (including phenoxy) is 1. The Morgan fingerprint density at radius 3 is 2.92 bits per heavy atom. The summed E-state index contributed by atoms with van der Waals surface area (Å²) in [6.45, 7) is 0. The molecule has 0 bridgehead atoms. The molecular formula is C17H18N4OS2. The minimum Gasteiger partial charge on any atom is -0.494 e. The van der Waals surface area contributed by atoms with Crippen molar-refractivity contribution in [2.45, 2.75) is 30.6 Å². The van der Waals surface area contributed by atoms with Crippen LogP contribution in [0, 0.1) is 0 Å². The quantitative estimate of drug-likeness (QED) is 0.483. The first-order valence-corrected chi connectivity index (χ1v) is 9.12. The molecule has 0 spiro atoms. The Labute approximate surface area is 149 Å². The van der Waals surface area contributed by atoms with Gasteiger partial charge in [0.25, 0.3) is 0 Å². The lowest BCUT2D eigenvalue weighted by molar-refractivity contribution is 0.417. The van der Waals surface area contributed by atoms with E-state index in [0.29, 0.717) is 16.3 Å². The van der Waals surface area contributed by atoms with Crippen LogP contribution in [0.4, 0.5) is 17.2 Å². The lowest BCUT2D eigenvalue weighted by Gasteiger charge is -2.15. The van der Waals surface area contributed by atoms with Crippen molar-refractivity contribution in [1.29, 1.82) is 0 Å². The normalized spacial score (nSPS) is 13.8. The lowest BCUT2D eigenvalue weighted by atomic mass is 9.97. The molecule has 2 heterocycles. The highest BCUT2D eigenvalue weighted by atomic mass is 32.1. The van der Waals surface area contributed by atoms with E-state index in [9.17, 15) is 0 Å². The summed E-state index contributed by atoms with van der Waals surface area (Å²) in [5.74, 6) is 1.48. The molecule has 4 rings (SSSR count). The number of aromatic nitrogens is 2. The van der Waals surface area contributed by atoms with Gasteiger partial charge in [-0.15, -0.1) is 24.0 Å². The van der Waals surface area contributed by atoms with Gasteiger partial charge in [-0.25, -0.2) is 9.97 Å². The number of nitrogens with zero attached hydrogens (tertiary/aromatic N) is 2. The molecule has 1 aliphatic rings. The summed E-state index contributed by atoms with van der Waals surface area (Å²) in [5.41, 5.74) is 8.69. The van der Waals surface area contributed by atoms with Crippen molar-refractivity contribution in [3.05, 3.63) is 28.9 Å². The molecule has 5 nitrogen and oxygen atoms in total. The standard InChI is InChI=1S/C17H18N4OS2/c1-22-12-6-10(18)13(23)7-11(12)21-16-15-9-4-2-3-5-14(9)24-17(15)20-8-19-16/h6-8,23H,2-5,18H2,1H3,(H,19,20,21). The minimum absolute atomic E-state index is 0.585. The van der Waals surface area contributed by atoms with Crippen molar-refractivity contribution in [1.82, 2.24) is 9.97 Å². The van der Waals surface area contributed by atoms with Crippen LogP contribution in [0.15, 0.2) is 23.4 Å².